The lowest BCUT2D eigenvalue weighted by atomic mass is 10.2. The van der Waals surface area contributed by atoms with Gasteiger partial charge in [-0.05, 0) is 37.3 Å². The zero-order chi connectivity index (χ0) is 25.0. The number of carbonyl (C=O) groups excluding carboxylic acids is 1. The number of aliphatic hydroxyl groups excluding tert-OH is 1. The molecule has 4 aromatic rings. The molecule has 0 unspecified atom stereocenters. The van der Waals surface area contributed by atoms with E-state index in [1.165, 1.54) is 23.5 Å². The first kappa shape index (κ1) is 24.9. The largest absolute Gasteiger partial charge is 0.573 e. The molecule has 4 rings (SSSR count). The maximum atomic E-state index is 12.5. The van der Waals surface area contributed by atoms with Crippen LogP contribution >= 0.6 is 11.3 Å². The molecular formula is C23H23F3N4O4S. The molecule has 0 atom stereocenters. The molecule has 1 amide bonds. The maximum absolute atomic E-state index is 12.5. The van der Waals surface area contributed by atoms with Crippen LogP contribution in [0.3, 0.4) is 0 Å². The van der Waals surface area contributed by atoms with Crippen LogP contribution in [-0.4, -0.2) is 58.3 Å². The van der Waals surface area contributed by atoms with Crippen LogP contribution in [0.25, 0.3) is 21.3 Å². The number of hydrogen-bond donors (Lipinski definition) is 2. The number of aryl methyl sites for hydroxylation is 1. The maximum Gasteiger partial charge on any atom is 0.573 e. The second kappa shape index (κ2) is 10.6. The van der Waals surface area contributed by atoms with Crippen molar-refractivity contribution in [3.63, 3.8) is 0 Å². The van der Waals surface area contributed by atoms with Crippen molar-refractivity contribution in [2.75, 3.05) is 26.4 Å². The van der Waals surface area contributed by atoms with E-state index in [2.05, 4.69) is 15.0 Å². The normalized spacial score (nSPS) is 11.9. The number of nitrogens with one attached hydrogen (secondary N) is 1. The Morgan fingerprint density at radius 3 is 2.71 bits per heavy atom. The number of nitrogens with zero attached hydrogens (tertiary/aromatic N) is 3. The van der Waals surface area contributed by atoms with Gasteiger partial charge in [0.1, 0.15) is 16.6 Å². The number of fused-ring (bicyclic) bond motifs is 2. The van der Waals surface area contributed by atoms with Crippen molar-refractivity contribution in [1.29, 1.82) is 0 Å². The van der Waals surface area contributed by atoms with Crippen molar-refractivity contribution in [2.45, 2.75) is 26.3 Å². The number of carbonyl (C=O) groups is 1. The molecule has 0 saturated heterocycles. The van der Waals surface area contributed by atoms with E-state index in [-0.39, 0.29) is 24.9 Å². The number of alkyl halides is 3. The van der Waals surface area contributed by atoms with Gasteiger partial charge in [-0.25, -0.2) is 9.97 Å². The zero-order valence-corrected chi connectivity index (χ0v) is 19.6. The number of benzene rings is 2. The molecule has 186 valence electrons. The average molecular weight is 509 g/mol. The highest BCUT2D eigenvalue weighted by molar-refractivity contribution is 7.18. The minimum Gasteiger partial charge on any atom is -0.406 e. The Hall–Kier alpha value is -3.22. The number of aliphatic hydroxyl groups is 1. The van der Waals surface area contributed by atoms with Gasteiger partial charge in [0.2, 0.25) is 0 Å². The van der Waals surface area contributed by atoms with Gasteiger partial charge in [-0.1, -0.05) is 0 Å². The van der Waals surface area contributed by atoms with Crippen LogP contribution in [0.2, 0.25) is 0 Å². The number of ether oxygens (including phenoxy) is 2. The van der Waals surface area contributed by atoms with Crippen LogP contribution in [0.5, 0.6) is 5.75 Å². The molecule has 2 heterocycles. The molecule has 0 saturated carbocycles. The van der Waals surface area contributed by atoms with Gasteiger partial charge in [0.05, 0.1) is 47.5 Å². The van der Waals surface area contributed by atoms with E-state index in [9.17, 15) is 18.0 Å². The van der Waals surface area contributed by atoms with Gasteiger partial charge in [0.15, 0.2) is 0 Å². The predicted octanol–water partition coefficient (Wildman–Crippen LogP) is 3.89. The van der Waals surface area contributed by atoms with Crippen molar-refractivity contribution in [3.05, 3.63) is 52.8 Å². The molecule has 8 nitrogen and oxygen atoms in total. The summed E-state index contributed by atoms with van der Waals surface area (Å²) in [5, 5.41) is 12.2. The Morgan fingerprint density at radius 2 is 1.97 bits per heavy atom. The molecule has 0 aliphatic rings. The smallest absolute Gasteiger partial charge is 0.406 e. The Morgan fingerprint density at radius 1 is 1.14 bits per heavy atom. The minimum atomic E-state index is -4.76. The van der Waals surface area contributed by atoms with E-state index in [4.69, 9.17) is 14.8 Å². The topological polar surface area (TPSA) is 98.5 Å². The lowest BCUT2D eigenvalue weighted by molar-refractivity contribution is -0.274. The Kier molecular flexibility index (Phi) is 7.53. The number of imidazole rings is 1. The minimum absolute atomic E-state index is 0.0719. The lowest BCUT2D eigenvalue weighted by Crippen LogP contribution is -2.27. The summed E-state index contributed by atoms with van der Waals surface area (Å²) < 4.78 is 49.4. The first-order chi connectivity index (χ1) is 16.8. The highest BCUT2D eigenvalue weighted by Crippen LogP contribution is 2.30. The number of halogens is 3. The van der Waals surface area contributed by atoms with E-state index in [1.54, 1.807) is 18.2 Å². The summed E-state index contributed by atoms with van der Waals surface area (Å²) in [7, 11) is 0. The van der Waals surface area contributed by atoms with Crippen LogP contribution in [0.1, 0.15) is 28.1 Å². The van der Waals surface area contributed by atoms with Gasteiger partial charge in [-0.2, -0.15) is 0 Å². The lowest BCUT2D eigenvalue weighted by Gasteiger charge is -2.07. The van der Waals surface area contributed by atoms with E-state index in [0.29, 0.717) is 47.7 Å². The molecule has 2 aromatic carbocycles. The fraction of sp³-hybridized carbons (Fsp3) is 0.348. The summed E-state index contributed by atoms with van der Waals surface area (Å²) in [5.74, 6) is 0.173. The fourth-order valence-electron chi connectivity index (χ4n) is 3.68. The Labute approximate surface area is 202 Å². The van der Waals surface area contributed by atoms with Crippen LogP contribution in [0.15, 0.2) is 36.4 Å². The molecule has 0 aliphatic heterocycles. The second-order valence-corrected chi connectivity index (χ2v) is 8.64. The third-order valence-corrected chi connectivity index (χ3v) is 6.16. The quantitative estimate of drug-likeness (QED) is 0.316. The van der Waals surface area contributed by atoms with Crippen LogP contribution < -0.4 is 10.1 Å². The van der Waals surface area contributed by atoms with E-state index >= 15 is 0 Å². The van der Waals surface area contributed by atoms with Gasteiger partial charge in [-0.15, -0.1) is 24.5 Å². The number of hydrogen-bond acceptors (Lipinski definition) is 7. The van der Waals surface area contributed by atoms with Gasteiger partial charge in [0, 0.05) is 24.7 Å². The third-order valence-electron chi connectivity index (χ3n) is 5.12. The summed E-state index contributed by atoms with van der Waals surface area (Å²) in [6.45, 7) is 3.40. The molecule has 2 N–H and O–H groups in total. The average Bonchev–Trinajstić information content (AvgIpc) is 3.36. The van der Waals surface area contributed by atoms with E-state index in [1.807, 2.05) is 17.6 Å². The monoisotopic (exact) mass is 508 g/mol. The molecular weight excluding hydrogens is 485 g/mol. The summed E-state index contributed by atoms with van der Waals surface area (Å²) in [6, 6.07) is 9.37. The van der Waals surface area contributed by atoms with Crippen molar-refractivity contribution in [1.82, 2.24) is 19.9 Å². The SMILES string of the molecule is CCn1c(Cc2nc3cc(OC(F)(F)F)ccc3s2)nc2cc(C(=O)NCCOCCO)ccc21. The summed E-state index contributed by atoms with van der Waals surface area (Å²) in [4.78, 5) is 21.6. The molecule has 0 aliphatic carbocycles. The number of rotatable bonds is 10. The van der Waals surface area contributed by atoms with Crippen molar-refractivity contribution in [2.24, 2.45) is 0 Å². The standard InChI is InChI=1S/C23H23F3N4O4S/c1-2-30-18-5-3-14(22(32)27-7-9-33-10-8-31)11-16(18)28-20(30)13-21-29-17-12-15(34-23(24,25)26)4-6-19(17)35-21/h3-6,11-12,31H,2,7-10,13H2,1H3,(H,27,32). The Balaban J connectivity index is 1.53. The molecule has 2 aromatic heterocycles. The molecule has 35 heavy (non-hydrogen) atoms. The van der Waals surface area contributed by atoms with E-state index in [0.717, 1.165) is 16.0 Å². The summed E-state index contributed by atoms with van der Waals surface area (Å²) >= 11 is 1.38. The third kappa shape index (κ3) is 6.08. The summed E-state index contributed by atoms with van der Waals surface area (Å²) in [6.07, 6.45) is -4.37. The molecule has 0 bridgehead atoms. The van der Waals surface area contributed by atoms with E-state index < -0.39 is 6.36 Å². The fourth-order valence-corrected chi connectivity index (χ4v) is 4.62. The van der Waals surface area contributed by atoms with Crippen LogP contribution in [0.4, 0.5) is 13.2 Å². The molecule has 0 spiro atoms. The first-order valence-corrected chi connectivity index (χ1v) is 11.7. The van der Waals surface area contributed by atoms with Crippen molar-refractivity contribution < 1.29 is 32.5 Å². The van der Waals surface area contributed by atoms with Gasteiger partial charge in [-0.3, -0.25) is 4.79 Å². The number of thiazole rings is 1. The molecule has 0 radical (unpaired) electrons. The zero-order valence-electron chi connectivity index (χ0n) is 18.8. The van der Waals surface area contributed by atoms with Crippen LogP contribution in [-0.2, 0) is 17.7 Å². The predicted molar refractivity (Wildman–Crippen MR) is 125 cm³/mol. The van der Waals surface area contributed by atoms with Gasteiger partial charge >= 0.3 is 6.36 Å². The number of amides is 1. The highest BCUT2D eigenvalue weighted by atomic mass is 32.1. The first-order valence-electron chi connectivity index (χ1n) is 10.9. The van der Waals surface area contributed by atoms with Crippen molar-refractivity contribution >= 4 is 38.5 Å². The van der Waals surface area contributed by atoms with Crippen LogP contribution in [0, 0.1) is 0 Å². The highest BCUT2D eigenvalue weighted by Gasteiger charge is 2.31. The molecule has 12 heteroatoms. The van der Waals surface area contributed by atoms with Crippen molar-refractivity contribution in [3.8, 4) is 5.75 Å². The van der Waals surface area contributed by atoms with Gasteiger partial charge in [0.25, 0.3) is 5.91 Å². The molecule has 0 fully saturated rings. The summed E-state index contributed by atoms with van der Waals surface area (Å²) in [5.41, 5.74) is 2.41. The number of aromatic nitrogens is 3. The van der Waals surface area contributed by atoms with Gasteiger partial charge < -0.3 is 24.5 Å². The second-order valence-electron chi connectivity index (χ2n) is 7.53. The Bertz CT molecular complexity index is 1340.